The molecule has 0 aliphatic heterocycles. The lowest BCUT2D eigenvalue weighted by Gasteiger charge is -2.59. The fraction of sp³-hybridized carbons (Fsp3) is 0.598. The molecule has 2 aromatic heterocycles. The van der Waals surface area contributed by atoms with Crippen molar-refractivity contribution in [1.29, 1.82) is 0 Å². The normalized spacial score (nSPS) is 22.8. The molecule has 117 heavy (non-hydrogen) atoms. The number of amides is 4. The van der Waals surface area contributed by atoms with Crippen LogP contribution in [-0.2, 0) is 14.4 Å². The fourth-order valence-corrected chi connectivity index (χ4v) is 21.4. The van der Waals surface area contributed by atoms with E-state index in [9.17, 15) is 43.8 Å². The van der Waals surface area contributed by atoms with Gasteiger partial charge in [-0.25, -0.2) is 19.0 Å². The molecule has 8 bridgehead atoms. The van der Waals surface area contributed by atoms with E-state index in [1.807, 2.05) is 110 Å². The number of nitrogens with zero attached hydrogens (tertiary/aromatic N) is 9. The van der Waals surface area contributed by atoms with Crippen molar-refractivity contribution in [3.8, 4) is 56.9 Å². The number of unbranched alkanes of at least 4 members (excludes halogenated alkanes) is 1. The second-order valence-corrected chi connectivity index (χ2v) is 35.7. The summed E-state index contributed by atoms with van der Waals surface area (Å²) < 4.78 is 34.5. The van der Waals surface area contributed by atoms with Crippen molar-refractivity contribution in [3.05, 3.63) is 119 Å². The van der Waals surface area contributed by atoms with E-state index in [4.69, 9.17) is 30.6 Å². The lowest BCUT2D eigenvalue weighted by Crippen LogP contribution is -2.70. The number of carbonyl (C=O) groups is 7. The molecule has 8 saturated carbocycles. The van der Waals surface area contributed by atoms with Gasteiger partial charge in [0.2, 0.25) is 0 Å². The molecule has 0 saturated heterocycles. The Morgan fingerprint density at radius 1 is 0.487 bits per heavy atom. The minimum absolute atomic E-state index is 0.0602. The average Bonchev–Trinajstić information content (AvgIpc) is 0.759. The molecule has 14 rings (SSSR count). The molecule has 25 heteroatoms. The first-order valence-corrected chi connectivity index (χ1v) is 42.8. The molecule has 0 spiro atoms. The first kappa shape index (κ1) is 85.7. The van der Waals surface area contributed by atoms with Crippen LogP contribution in [0.5, 0.6) is 23.0 Å². The number of carboxylic acids is 2. The van der Waals surface area contributed by atoms with Gasteiger partial charge in [-0.05, 0) is 319 Å². The topological polar surface area (TPSA) is 299 Å². The molecule has 4 aromatic carbocycles. The highest BCUT2D eigenvalue weighted by Gasteiger charge is 2.64. The van der Waals surface area contributed by atoms with Crippen molar-refractivity contribution >= 4 is 41.4 Å². The van der Waals surface area contributed by atoms with E-state index in [1.165, 1.54) is 0 Å². The van der Waals surface area contributed by atoms with Crippen LogP contribution >= 0.6 is 0 Å². The Bertz CT molecular complexity index is 4470. The number of nitrogens with one attached hydrogen (secondary N) is 2. The Balaban J connectivity index is 0.605. The summed E-state index contributed by atoms with van der Waals surface area (Å²) in [4.78, 5) is 109. The number of aliphatic carboxylic acids is 2. The Morgan fingerprint density at radius 2 is 0.855 bits per heavy atom. The number of Topliss-reactive ketones (excluding diaryl/α,β-unsaturated/α-hetero) is 1. The second-order valence-electron chi connectivity index (χ2n) is 35.7. The Hall–Kier alpha value is -9.17. The minimum atomic E-state index is -1.38. The van der Waals surface area contributed by atoms with Crippen LogP contribution in [0.3, 0.4) is 0 Å². The minimum Gasteiger partial charge on any atom is -0.496 e. The zero-order chi connectivity index (χ0) is 84.6. The maximum Gasteiger partial charge on any atom is 0.330 e. The largest absolute Gasteiger partial charge is 0.496 e. The van der Waals surface area contributed by atoms with E-state index < -0.39 is 34.8 Å². The van der Waals surface area contributed by atoms with E-state index in [2.05, 4.69) is 52.1 Å². The standard InChI is InChI=1S/C92H128N12O13/c1-56(2)70-51-63(29-31-74(70)103-76(83-79(114-11)25-17-26-80(83)115-12)53-72(96-103)85(106)94-91(89(110)111)65-43-59-41-60(45-65)46-66(91)44-59)87(108)101(9)39-21-36-98(6)34-19-23-58(5)69(24-15-16-33-93)78(105)55-100(8)38-20-35-99(7)37-22-40-102(10)88(109)64-30-32-75(71(52-64)57(3)4)104-77(84-81(116-13)27-18-28-82(84)117-14)54-73(97-104)86(107)95-92(90(112)113)67-47-61-42-62(49-67)50-68(92)48-61/h17-18,25-32,51-54,56-62,65-69H,15-16,19-24,33-50,55,93H2,1-14H3,(H,94,106)(H,95,107)(H,110,111)(H,112,113)/i/hD. The number of hydrogen-bond acceptors (Lipinski definition) is 17. The molecule has 2 heterocycles. The number of carboxylic acid groups (broad SMARTS) is 2. The van der Waals surface area contributed by atoms with Crippen LogP contribution < -0.4 is 35.3 Å². The van der Waals surface area contributed by atoms with Gasteiger partial charge in [0.15, 0.2) is 11.4 Å². The van der Waals surface area contributed by atoms with Crippen LogP contribution in [-0.4, -0.2) is 229 Å². The van der Waals surface area contributed by atoms with E-state index in [-0.39, 0.29) is 76.3 Å². The maximum absolute atomic E-state index is 14.7. The second kappa shape index (κ2) is 37.8. The van der Waals surface area contributed by atoms with Crippen molar-refractivity contribution in [1.82, 2.24) is 54.7 Å². The summed E-state index contributed by atoms with van der Waals surface area (Å²) in [6.07, 6.45) is 15.2. The smallest absolute Gasteiger partial charge is 0.330 e. The molecule has 8 aliphatic rings. The van der Waals surface area contributed by atoms with Crippen LogP contribution in [0.25, 0.3) is 33.9 Å². The molecule has 2 atom stereocenters. The number of methoxy groups -OCH3 is 4. The van der Waals surface area contributed by atoms with Gasteiger partial charge in [-0.1, -0.05) is 53.2 Å². The SMILES string of the molecule is [2H]NCCCCC(C(=O)CN(C)CCCN(C)CCCN(C)C(=O)c1ccc(-n2nc(C(=O)NC3(C(=O)O)C4CC5CC(C4)CC3C5)cc2-c2c(OC)cccc2OC)c(C(C)C)c1)C(C)CCCN(C)CCCN(C)C(=O)c1ccc(-n2nc(C(=O)NC3(C(=O)O)C4CC5CC(C4)CC3C5)cc2-c2c(OC)cccc2OC)c(C(C)C)c1. The molecule has 634 valence electrons. The van der Waals surface area contributed by atoms with Gasteiger partial charge < -0.3 is 65.1 Å². The summed E-state index contributed by atoms with van der Waals surface area (Å²) >= 11 is 0. The van der Waals surface area contributed by atoms with Crippen LogP contribution in [0, 0.1) is 59.2 Å². The van der Waals surface area contributed by atoms with Gasteiger partial charge in [-0.3, -0.25) is 28.9 Å². The lowest BCUT2D eigenvalue weighted by molar-refractivity contribution is -0.164. The summed E-state index contributed by atoms with van der Waals surface area (Å²) in [7, 11) is 16.1. The van der Waals surface area contributed by atoms with Crippen LogP contribution in [0.1, 0.15) is 215 Å². The molecule has 25 nitrogen and oxygen atoms in total. The monoisotopic (exact) mass is 1610 g/mol. The molecule has 8 fully saturated rings. The van der Waals surface area contributed by atoms with Crippen molar-refractivity contribution in [2.45, 2.75) is 173 Å². The lowest BCUT2D eigenvalue weighted by atomic mass is 9.48. The molecule has 4 amide bonds. The predicted octanol–water partition coefficient (Wildman–Crippen LogP) is 13.2. The van der Waals surface area contributed by atoms with Crippen molar-refractivity contribution in [2.24, 2.45) is 64.9 Å². The van der Waals surface area contributed by atoms with Crippen LogP contribution in [0.2, 0.25) is 1.41 Å². The fourth-order valence-electron chi connectivity index (χ4n) is 21.4. The number of rotatable bonds is 43. The van der Waals surface area contributed by atoms with Gasteiger partial charge in [-0.2, -0.15) is 10.2 Å². The van der Waals surface area contributed by atoms with Crippen molar-refractivity contribution in [2.75, 3.05) is 123 Å². The third-order valence-corrected chi connectivity index (χ3v) is 27.2. The number of aromatic nitrogens is 4. The molecule has 6 aromatic rings. The number of carbonyl (C=O) groups excluding carboxylic acids is 5. The highest BCUT2D eigenvalue weighted by atomic mass is 16.5. The third kappa shape index (κ3) is 18.5. The summed E-state index contributed by atoms with van der Waals surface area (Å²) in [6, 6.07) is 25.4. The number of ether oxygens (including phenoxy) is 4. The molecular weight excluding hydrogens is 1480 g/mol. The number of benzene rings is 4. The Labute approximate surface area is 692 Å². The first-order chi connectivity index (χ1) is 56.5. The zero-order valence-electron chi connectivity index (χ0n) is 72.5. The van der Waals surface area contributed by atoms with Gasteiger partial charge in [-0.15, -0.1) is 0 Å². The van der Waals surface area contributed by atoms with Crippen LogP contribution in [0.4, 0.5) is 0 Å². The summed E-state index contributed by atoms with van der Waals surface area (Å²) in [5.74, 6) is 0.126. The highest BCUT2D eigenvalue weighted by Crippen LogP contribution is 2.60. The van der Waals surface area contributed by atoms with E-state index in [0.717, 1.165) is 159 Å². The summed E-state index contributed by atoms with van der Waals surface area (Å²) in [5.41, 5.74) is 5.98. The van der Waals surface area contributed by atoms with E-state index in [1.54, 1.807) is 71.9 Å². The average molecular weight is 1610 g/mol. The van der Waals surface area contributed by atoms with Crippen molar-refractivity contribution in [3.63, 3.8) is 0 Å². The molecule has 2 unspecified atom stereocenters. The molecule has 0 radical (unpaired) electrons. The highest BCUT2D eigenvalue weighted by molar-refractivity contribution is 6.00. The van der Waals surface area contributed by atoms with Crippen molar-refractivity contribution < 1.29 is 64.1 Å². The third-order valence-electron chi connectivity index (χ3n) is 27.2. The number of ketones is 1. The number of hydrogen-bond donors (Lipinski definition) is 5. The first-order valence-electron chi connectivity index (χ1n) is 43.3. The molecule has 6 N–H and O–H groups in total. The Kier molecular flexibility index (Phi) is 27.7. The van der Waals surface area contributed by atoms with Gasteiger partial charge >= 0.3 is 11.9 Å². The van der Waals surface area contributed by atoms with E-state index in [0.29, 0.717) is 118 Å². The summed E-state index contributed by atoms with van der Waals surface area (Å²) in [5, 5.41) is 38.1. The maximum atomic E-state index is 14.7. The van der Waals surface area contributed by atoms with Gasteiger partial charge in [0, 0.05) is 44.2 Å². The summed E-state index contributed by atoms with van der Waals surface area (Å²) in [6.45, 7) is 16.3. The number of nitrogens with two attached hydrogens (primary N) is 1. The molecular formula is C92H128N12O13. The predicted molar refractivity (Wildman–Crippen MR) is 452 cm³/mol. The van der Waals surface area contributed by atoms with E-state index >= 15 is 0 Å². The Morgan fingerprint density at radius 3 is 1.21 bits per heavy atom. The van der Waals surface area contributed by atoms with Gasteiger partial charge in [0.1, 0.15) is 41.3 Å². The van der Waals surface area contributed by atoms with Gasteiger partial charge in [0.05, 0.1) is 68.9 Å². The zero-order valence-corrected chi connectivity index (χ0v) is 71.5. The van der Waals surface area contributed by atoms with Crippen LogP contribution in [0.15, 0.2) is 84.9 Å². The molecule has 8 aliphatic carbocycles. The van der Waals surface area contributed by atoms with Gasteiger partial charge in [0.25, 0.3) is 23.6 Å². The quantitative estimate of drug-likeness (QED) is 0.0222. The number of likely N-dealkylation sites (N-methyl/N-ethyl adjacent to an activating group) is 1.